The second-order valence-electron chi connectivity index (χ2n) is 8.04. The summed E-state index contributed by atoms with van der Waals surface area (Å²) in [5.41, 5.74) is -0.300. The number of hydrogen-bond acceptors (Lipinski definition) is 5. The van der Waals surface area contributed by atoms with Crippen LogP contribution in [-0.4, -0.2) is 54.5 Å². The van der Waals surface area contributed by atoms with E-state index in [9.17, 15) is 22.8 Å². The Labute approximate surface area is 210 Å². The average molecular weight is 519 g/mol. The Morgan fingerprint density at radius 3 is 2.19 bits per heavy atom. The fourth-order valence-electron chi connectivity index (χ4n) is 3.61. The molecule has 1 aliphatic rings. The van der Waals surface area contributed by atoms with Crippen LogP contribution in [0, 0.1) is 0 Å². The maximum atomic E-state index is 12.7. The highest BCUT2D eigenvalue weighted by Crippen LogP contribution is 2.29. The molecule has 188 valence electrons. The number of ether oxygens (including phenoxy) is 1. The fraction of sp³-hybridized carbons (Fsp3) is 0.240. The Morgan fingerprint density at radius 1 is 0.944 bits per heavy atom. The minimum atomic E-state index is -4.46. The molecule has 1 N–H and O–H groups in total. The number of rotatable bonds is 6. The lowest BCUT2D eigenvalue weighted by molar-refractivity contribution is -0.137. The standard InChI is InChI=1S/C25H22ClF3N4O3/c26-19-5-8-21(9-6-19)36-16-23(34)33-13-11-32(12-14-33)22-10-7-20(15-30-22)31-24(35)17-1-3-18(4-2-17)25(27,28)29/h1-10,15H,11-14,16H2,(H,31,35). The first-order valence-electron chi connectivity index (χ1n) is 11.0. The summed E-state index contributed by atoms with van der Waals surface area (Å²) < 4.78 is 43.6. The molecule has 2 aromatic carbocycles. The van der Waals surface area contributed by atoms with Gasteiger partial charge in [-0.3, -0.25) is 9.59 Å². The number of nitrogens with zero attached hydrogens (tertiary/aromatic N) is 3. The number of nitrogens with one attached hydrogen (secondary N) is 1. The van der Waals surface area contributed by atoms with Crippen LogP contribution in [-0.2, 0) is 11.0 Å². The highest BCUT2D eigenvalue weighted by Gasteiger charge is 2.30. The van der Waals surface area contributed by atoms with Crippen LogP contribution < -0.4 is 15.0 Å². The average Bonchev–Trinajstić information content (AvgIpc) is 2.88. The first-order chi connectivity index (χ1) is 17.2. The summed E-state index contributed by atoms with van der Waals surface area (Å²) in [4.78, 5) is 32.9. The molecule has 11 heteroatoms. The number of pyridine rings is 1. The second-order valence-corrected chi connectivity index (χ2v) is 8.48. The number of alkyl halides is 3. The van der Waals surface area contributed by atoms with Crippen LogP contribution in [0.5, 0.6) is 5.75 Å². The molecule has 0 radical (unpaired) electrons. The SMILES string of the molecule is O=C(Nc1ccc(N2CCN(C(=O)COc3ccc(Cl)cc3)CC2)nc1)c1ccc(C(F)(F)F)cc1. The molecular weight excluding hydrogens is 497 g/mol. The summed E-state index contributed by atoms with van der Waals surface area (Å²) in [6, 6.07) is 14.2. The summed E-state index contributed by atoms with van der Waals surface area (Å²) in [5, 5.41) is 3.21. The third kappa shape index (κ3) is 6.45. The molecule has 0 atom stereocenters. The quantitative estimate of drug-likeness (QED) is 0.510. The van der Waals surface area contributed by atoms with Crippen molar-refractivity contribution >= 4 is 34.9 Å². The van der Waals surface area contributed by atoms with Crippen molar-refractivity contribution in [1.29, 1.82) is 0 Å². The number of hydrogen-bond donors (Lipinski definition) is 1. The van der Waals surface area contributed by atoms with Gasteiger partial charge < -0.3 is 19.9 Å². The maximum Gasteiger partial charge on any atom is 0.416 e. The van der Waals surface area contributed by atoms with Crippen LogP contribution in [0.3, 0.4) is 0 Å². The first-order valence-corrected chi connectivity index (χ1v) is 11.4. The predicted octanol–water partition coefficient (Wildman–Crippen LogP) is 4.73. The van der Waals surface area contributed by atoms with Crippen LogP contribution in [0.15, 0.2) is 66.9 Å². The van der Waals surface area contributed by atoms with E-state index in [1.807, 2.05) is 4.90 Å². The van der Waals surface area contributed by atoms with E-state index < -0.39 is 17.6 Å². The molecule has 4 rings (SSSR count). The normalized spacial score (nSPS) is 13.9. The Kier molecular flexibility index (Phi) is 7.64. The lowest BCUT2D eigenvalue weighted by Gasteiger charge is -2.35. The van der Waals surface area contributed by atoms with Crippen molar-refractivity contribution in [2.75, 3.05) is 43.0 Å². The summed E-state index contributed by atoms with van der Waals surface area (Å²) in [5.74, 6) is 0.609. The number of piperazine rings is 1. The Hall–Kier alpha value is -3.79. The number of carbonyl (C=O) groups excluding carboxylic acids is 2. The molecule has 1 aromatic heterocycles. The van der Waals surface area contributed by atoms with E-state index in [2.05, 4.69) is 10.3 Å². The molecule has 36 heavy (non-hydrogen) atoms. The monoisotopic (exact) mass is 518 g/mol. The van der Waals surface area contributed by atoms with Crippen molar-refractivity contribution in [1.82, 2.24) is 9.88 Å². The molecule has 0 unspecified atom stereocenters. The van der Waals surface area contributed by atoms with Crippen molar-refractivity contribution < 1.29 is 27.5 Å². The molecule has 7 nitrogen and oxygen atoms in total. The van der Waals surface area contributed by atoms with Gasteiger partial charge >= 0.3 is 6.18 Å². The van der Waals surface area contributed by atoms with Crippen molar-refractivity contribution in [3.05, 3.63) is 83.0 Å². The van der Waals surface area contributed by atoms with E-state index in [1.165, 1.54) is 6.20 Å². The Balaban J connectivity index is 1.25. The van der Waals surface area contributed by atoms with Crippen molar-refractivity contribution in [2.45, 2.75) is 6.18 Å². The second kappa shape index (κ2) is 10.9. The lowest BCUT2D eigenvalue weighted by atomic mass is 10.1. The predicted molar refractivity (Wildman–Crippen MR) is 129 cm³/mol. The van der Waals surface area contributed by atoms with Crippen molar-refractivity contribution in [3.63, 3.8) is 0 Å². The molecule has 0 spiro atoms. The van der Waals surface area contributed by atoms with Gasteiger partial charge in [0.1, 0.15) is 11.6 Å². The van der Waals surface area contributed by atoms with Gasteiger partial charge in [0.25, 0.3) is 11.8 Å². The minimum Gasteiger partial charge on any atom is -0.484 e. The molecule has 1 aliphatic heterocycles. The van der Waals surface area contributed by atoms with Gasteiger partial charge in [-0.25, -0.2) is 4.98 Å². The summed E-state index contributed by atoms with van der Waals surface area (Å²) in [6.45, 7) is 2.12. The number of halogens is 4. The number of anilines is 2. The molecule has 1 fully saturated rings. The van der Waals surface area contributed by atoms with Crippen LogP contribution >= 0.6 is 11.6 Å². The molecule has 3 aromatic rings. The first kappa shape index (κ1) is 25.3. The number of aromatic nitrogens is 1. The molecule has 0 saturated carbocycles. The van der Waals surface area contributed by atoms with Gasteiger partial charge in [0, 0.05) is 36.8 Å². The van der Waals surface area contributed by atoms with E-state index in [0.717, 1.165) is 24.3 Å². The fourth-order valence-corrected chi connectivity index (χ4v) is 3.74. The zero-order chi connectivity index (χ0) is 25.7. The topological polar surface area (TPSA) is 74.8 Å². The third-order valence-corrected chi connectivity index (χ3v) is 5.86. The highest BCUT2D eigenvalue weighted by molar-refractivity contribution is 6.30. The van der Waals surface area contributed by atoms with E-state index in [1.54, 1.807) is 41.3 Å². The number of benzene rings is 2. The third-order valence-electron chi connectivity index (χ3n) is 5.61. The van der Waals surface area contributed by atoms with Crippen molar-refractivity contribution in [3.8, 4) is 5.75 Å². The largest absolute Gasteiger partial charge is 0.484 e. The van der Waals surface area contributed by atoms with Crippen LogP contribution in [0.2, 0.25) is 5.02 Å². The van der Waals surface area contributed by atoms with Crippen LogP contribution in [0.1, 0.15) is 15.9 Å². The molecule has 1 saturated heterocycles. The van der Waals surface area contributed by atoms with Crippen LogP contribution in [0.4, 0.5) is 24.7 Å². The molecule has 0 bridgehead atoms. The maximum absolute atomic E-state index is 12.7. The van der Waals surface area contributed by atoms with Gasteiger partial charge in [0.05, 0.1) is 17.4 Å². The van der Waals surface area contributed by atoms with E-state index in [0.29, 0.717) is 48.5 Å². The number of carbonyl (C=O) groups is 2. The van der Waals surface area contributed by atoms with Gasteiger partial charge in [-0.05, 0) is 60.7 Å². The highest BCUT2D eigenvalue weighted by atomic mass is 35.5. The van der Waals surface area contributed by atoms with Gasteiger partial charge in [-0.15, -0.1) is 0 Å². The van der Waals surface area contributed by atoms with E-state index in [-0.39, 0.29) is 18.1 Å². The molecular formula is C25H22ClF3N4O3. The zero-order valence-electron chi connectivity index (χ0n) is 19.0. The Bertz CT molecular complexity index is 1200. The summed E-state index contributed by atoms with van der Waals surface area (Å²) in [7, 11) is 0. The zero-order valence-corrected chi connectivity index (χ0v) is 19.7. The Morgan fingerprint density at radius 2 is 1.61 bits per heavy atom. The smallest absolute Gasteiger partial charge is 0.416 e. The number of amides is 2. The minimum absolute atomic E-state index is 0.0623. The van der Waals surface area contributed by atoms with Gasteiger partial charge in [-0.1, -0.05) is 11.6 Å². The van der Waals surface area contributed by atoms with E-state index in [4.69, 9.17) is 16.3 Å². The summed E-state index contributed by atoms with van der Waals surface area (Å²) in [6.07, 6.45) is -2.98. The van der Waals surface area contributed by atoms with Crippen LogP contribution in [0.25, 0.3) is 0 Å². The summed E-state index contributed by atoms with van der Waals surface area (Å²) >= 11 is 5.84. The van der Waals surface area contributed by atoms with Gasteiger partial charge in [-0.2, -0.15) is 13.2 Å². The van der Waals surface area contributed by atoms with Crippen molar-refractivity contribution in [2.24, 2.45) is 0 Å². The lowest BCUT2D eigenvalue weighted by Crippen LogP contribution is -2.50. The molecule has 0 aliphatic carbocycles. The van der Waals surface area contributed by atoms with Gasteiger partial charge in [0.15, 0.2) is 6.61 Å². The molecule has 2 amide bonds. The van der Waals surface area contributed by atoms with Gasteiger partial charge in [0.2, 0.25) is 0 Å². The van der Waals surface area contributed by atoms with E-state index >= 15 is 0 Å². The molecule has 2 heterocycles.